The lowest BCUT2D eigenvalue weighted by Crippen LogP contribution is -2.47. The highest BCUT2D eigenvalue weighted by atomic mass is 19.4. The van der Waals surface area contributed by atoms with Gasteiger partial charge in [0.25, 0.3) is 5.91 Å². The number of hydrogen-bond acceptors (Lipinski definition) is 5. The summed E-state index contributed by atoms with van der Waals surface area (Å²) in [5, 5.41) is 19.4. The quantitative estimate of drug-likeness (QED) is 0.582. The Kier molecular flexibility index (Phi) is 11.1. The Labute approximate surface area is 213 Å². The number of aliphatic carboxylic acids is 1. The van der Waals surface area contributed by atoms with Crippen LogP contribution in [0.5, 0.6) is 0 Å². The zero-order valence-corrected chi connectivity index (χ0v) is 20.4. The molecule has 1 aliphatic rings. The summed E-state index contributed by atoms with van der Waals surface area (Å²) in [6.45, 7) is 6.03. The molecular formula is C26H29F3N4O4. The number of amides is 2. The van der Waals surface area contributed by atoms with E-state index in [9.17, 15) is 22.8 Å². The fourth-order valence-corrected chi connectivity index (χ4v) is 3.67. The molecule has 0 spiro atoms. The van der Waals surface area contributed by atoms with Crippen LogP contribution in [0.2, 0.25) is 0 Å². The van der Waals surface area contributed by atoms with E-state index in [-0.39, 0.29) is 17.7 Å². The van der Waals surface area contributed by atoms with Crippen LogP contribution in [0.1, 0.15) is 40.7 Å². The maximum Gasteiger partial charge on any atom is 0.490 e. The van der Waals surface area contributed by atoms with E-state index in [0.29, 0.717) is 43.7 Å². The number of carbonyl (C=O) groups is 3. The van der Waals surface area contributed by atoms with Crippen molar-refractivity contribution < 1.29 is 32.7 Å². The molecule has 198 valence electrons. The second-order valence-corrected chi connectivity index (χ2v) is 8.44. The third kappa shape index (κ3) is 9.57. The summed E-state index contributed by atoms with van der Waals surface area (Å²) < 4.78 is 31.7. The number of halogens is 3. The molecule has 1 saturated heterocycles. The van der Waals surface area contributed by atoms with Crippen molar-refractivity contribution in [2.75, 3.05) is 39.3 Å². The molecule has 3 rings (SSSR count). The topological polar surface area (TPSA) is 114 Å². The highest BCUT2D eigenvalue weighted by molar-refractivity contribution is 5.94. The number of piperazine rings is 1. The van der Waals surface area contributed by atoms with Crippen molar-refractivity contribution in [3.05, 3.63) is 71.3 Å². The molecule has 2 amide bonds. The summed E-state index contributed by atoms with van der Waals surface area (Å²) in [6.07, 6.45) is -4.77. The molecule has 2 N–H and O–H groups in total. The van der Waals surface area contributed by atoms with Gasteiger partial charge in [0.05, 0.1) is 11.6 Å². The van der Waals surface area contributed by atoms with Gasteiger partial charge in [0.1, 0.15) is 0 Å². The van der Waals surface area contributed by atoms with Gasteiger partial charge in [0, 0.05) is 51.3 Å². The van der Waals surface area contributed by atoms with E-state index in [4.69, 9.17) is 15.2 Å². The van der Waals surface area contributed by atoms with Gasteiger partial charge >= 0.3 is 12.1 Å². The monoisotopic (exact) mass is 518 g/mol. The zero-order valence-electron chi connectivity index (χ0n) is 20.4. The van der Waals surface area contributed by atoms with Crippen LogP contribution in [0.4, 0.5) is 13.2 Å². The molecule has 2 aromatic rings. The van der Waals surface area contributed by atoms with Crippen molar-refractivity contribution in [2.45, 2.75) is 25.4 Å². The summed E-state index contributed by atoms with van der Waals surface area (Å²) in [7, 11) is 0. The lowest BCUT2D eigenvalue weighted by molar-refractivity contribution is -0.192. The molecule has 0 radical (unpaired) electrons. The first kappa shape index (κ1) is 29.3. The molecule has 0 aliphatic carbocycles. The molecule has 11 heteroatoms. The smallest absolute Gasteiger partial charge is 0.475 e. The van der Waals surface area contributed by atoms with Crippen LogP contribution in [0.3, 0.4) is 0 Å². The summed E-state index contributed by atoms with van der Waals surface area (Å²) >= 11 is 0. The third-order valence-corrected chi connectivity index (χ3v) is 5.72. The highest BCUT2D eigenvalue weighted by Gasteiger charge is 2.38. The Morgan fingerprint density at radius 2 is 1.65 bits per heavy atom. The van der Waals surface area contributed by atoms with E-state index >= 15 is 0 Å². The average molecular weight is 519 g/mol. The average Bonchev–Trinajstić information content (AvgIpc) is 2.91. The van der Waals surface area contributed by atoms with E-state index in [1.165, 1.54) is 0 Å². The van der Waals surface area contributed by atoms with Crippen LogP contribution in [-0.4, -0.2) is 78.1 Å². The molecular weight excluding hydrogens is 489 g/mol. The molecule has 37 heavy (non-hydrogen) atoms. The van der Waals surface area contributed by atoms with Crippen molar-refractivity contribution in [1.82, 2.24) is 15.1 Å². The summed E-state index contributed by atoms with van der Waals surface area (Å²) in [5.41, 5.74) is 2.21. The van der Waals surface area contributed by atoms with Crippen LogP contribution < -0.4 is 5.32 Å². The maximum absolute atomic E-state index is 13.2. The standard InChI is InChI=1S/C24H28N4O2.C2HF3O2/c1-19(21-5-3-2-4-6-21)18-28(14-11-23(29)27-15-12-26-13-16-27)24(30)22-9-7-20(17-25)8-10-22;3-2(4,5)1(6)7/h2-10,19,26H,11-16,18H2,1H3;(H,6,7). The number of carboxylic acid groups (broad SMARTS) is 1. The first-order valence-electron chi connectivity index (χ1n) is 11.7. The maximum atomic E-state index is 13.2. The largest absolute Gasteiger partial charge is 0.490 e. The van der Waals surface area contributed by atoms with Crippen molar-refractivity contribution >= 4 is 17.8 Å². The zero-order chi connectivity index (χ0) is 27.4. The van der Waals surface area contributed by atoms with Gasteiger partial charge in [-0.1, -0.05) is 37.3 Å². The number of hydrogen-bond donors (Lipinski definition) is 2. The van der Waals surface area contributed by atoms with Crippen LogP contribution in [0.25, 0.3) is 0 Å². The van der Waals surface area contributed by atoms with E-state index in [1.54, 1.807) is 29.2 Å². The predicted molar refractivity (Wildman–Crippen MR) is 130 cm³/mol. The van der Waals surface area contributed by atoms with E-state index in [2.05, 4.69) is 30.4 Å². The minimum atomic E-state index is -5.08. The lowest BCUT2D eigenvalue weighted by Gasteiger charge is -2.30. The van der Waals surface area contributed by atoms with Gasteiger partial charge < -0.3 is 20.2 Å². The van der Waals surface area contributed by atoms with Gasteiger partial charge in [-0.05, 0) is 35.7 Å². The predicted octanol–water partition coefficient (Wildman–Crippen LogP) is 3.26. The Hall–Kier alpha value is -3.91. The van der Waals surface area contributed by atoms with Crippen molar-refractivity contribution in [1.29, 1.82) is 5.26 Å². The van der Waals surface area contributed by atoms with Gasteiger partial charge in [0.15, 0.2) is 0 Å². The van der Waals surface area contributed by atoms with Crippen molar-refractivity contribution in [3.63, 3.8) is 0 Å². The molecule has 0 aromatic heterocycles. The van der Waals surface area contributed by atoms with Gasteiger partial charge in [-0.15, -0.1) is 0 Å². The lowest BCUT2D eigenvalue weighted by atomic mass is 10.00. The van der Waals surface area contributed by atoms with Gasteiger partial charge in [-0.2, -0.15) is 18.4 Å². The minimum absolute atomic E-state index is 0.0847. The first-order chi connectivity index (χ1) is 17.5. The van der Waals surface area contributed by atoms with Crippen LogP contribution in [0, 0.1) is 11.3 Å². The molecule has 1 fully saturated rings. The Morgan fingerprint density at radius 1 is 1.08 bits per heavy atom. The fourth-order valence-electron chi connectivity index (χ4n) is 3.67. The molecule has 1 atom stereocenters. The summed E-state index contributed by atoms with van der Waals surface area (Å²) in [5.74, 6) is -2.65. The summed E-state index contributed by atoms with van der Waals surface area (Å²) in [6, 6.07) is 18.8. The van der Waals surface area contributed by atoms with E-state index in [1.807, 2.05) is 23.1 Å². The first-order valence-corrected chi connectivity index (χ1v) is 11.7. The number of nitriles is 1. The number of nitrogens with one attached hydrogen (secondary N) is 1. The second-order valence-electron chi connectivity index (χ2n) is 8.44. The minimum Gasteiger partial charge on any atom is -0.475 e. The number of carbonyl (C=O) groups excluding carboxylic acids is 2. The highest BCUT2D eigenvalue weighted by Crippen LogP contribution is 2.18. The third-order valence-electron chi connectivity index (χ3n) is 5.72. The molecule has 0 bridgehead atoms. The fraction of sp³-hybridized carbons (Fsp3) is 0.385. The number of alkyl halides is 3. The Morgan fingerprint density at radius 3 is 2.16 bits per heavy atom. The normalized spacial score (nSPS) is 14.0. The van der Waals surface area contributed by atoms with Crippen molar-refractivity contribution in [3.8, 4) is 6.07 Å². The van der Waals surface area contributed by atoms with E-state index < -0.39 is 12.1 Å². The molecule has 1 aliphatic heterocycles. The van der Waals surface area contributed by atoms with Crippen LogP contribution in [-0.2, 0) is 9.59 Å². The second kappa shape index (κ2) is 14.0. The van der Waals surface area contributed by atoms with Gasteiger partial charge in [0.2, 0.25) is 5.91 Å². The number of benzene rings is 2. The van der Waals surface area contributed by atoms with Crippen LogP contribution >= 0.6 is 0 Å². The Bertz CT molecular complexity index is 1080. The molecule has 2 aromatic carbocycles. The number of carboxylic acids is 1. The van der Waals surface area contributed by atoms with Crippen molar-refractivity contribution in [2.24, 2.45) is 0 Å². The number of nitrogens with zero attached hydrogens (tertiary/aromatic N) is 3. The van der Waals surface area contributed by atoms with Crippen LogP contribution in [0.15, 0.2) is 54.6 Å². The molecule has 0 saturated carbocycles. The molecule has 8 nitrogen and oxygen atoms in total. The number of rotatable bonds is 7. The molecule has 1 heterocycles. The van der Waals surface area contributed by atoms with Gasteiger partial charge in [-0.3, -0.25) is 9.59 Å². The van der Waals surface area contributed by atoms with Gasteiger partial charge in [-0.25, -0.2) is 4.79 Å². The molecule has 1 unspecified atom stereocenters. The summed E-state index contributed by atoms with van der Waals surface area (Å²) in [4.78, 5) is 38.4. The van der Waals surface area contributed by atoms with E-state index in [0.717, 1.165) is 18.7 Å². The Balaban J connectivity index is 0.000000604. The SMILES string of the molecule is CC(CN(CCC(=O)N1CCNCC1)C(=O)c1ccc(C#N)cc1)c1ccccc1.O=C(O)C(F)(F)F.